The summed E-state index contributed by atoms with van der Waals surface area (Å²) in [5, 5.41) is 1.00. The van der Waals surface area contributed by atoms with Crippen LogP contribution in [0.25, 0.3) is 0 Å². The van der Waals surface area contributed by atoms with Crippen molar-refractivity contribution in [2.75, 3.05) is 0 Å². The first-order valence-corrected chi connectivity index (χ1v) is 6.90. The molecule has 0 heterocycles. The zero-order valence-electron chi connectivity index (χ0n) is 11.2. The standard InChI is InChI=1S/C16H14Cl2O2/c1-10-3-5-13(8-19)16(11(10)2)20-9-12-4-6-14(17)15(18)7-12/h3-8H,9H2,1-2H3. The molecular formula is C16H14Cl2O2. The molecule has 0 spiro atoms. The Morgan fingerprint density at radius 3 is 2.50 bits per heavy atom. The van der Waals surface area contributed by atoms with E-state index in [4.69, 9.17) is 27.9 Å². The molecule has 104 valence electrons. The predicted molar refractivity (Wildman–Crippen MR) is 82.1 cm³/mol. The van der Waals surface area contributed by atoms with Gasteiger partial charge >= 0.3 is 0 Å². The van der Waals surface area contributed by atoms with E-state index >= 15 is 0 Å². The Labute approximate surface area is 128 Å². The summed E-state index contributed by atoms with van der Waals surface area (Å²) < 4.78 is 5.79. The van der Waals surface area contributed by atoms with Crippen molar-refractivity contribution in [2.45, 2.75) is 20.5 Å². The highest BCUT2D eigenvalue weighted by Crippen LogP contribution is 2.27. The highest BCUT2D eigenvalue weighted by atomic mass is 35.5. The Bertz CT molecular complexity index is 651. The van der Waals surface area contributed by atoms with E-state index in [1.54, 1.807) is 18.2 Å². The molecule has 2 aromatic carbocycles. The molecule has 0 aliphatic carbocycles. The lowest BCUT2D eigenvalue weighted by Crippen LogP contribution is -2.01. The lowest BCUT2D eigenvalue weighted by Gasteiger charge is -2.13. The van der Waals surface area contributed by atoms with Gasteiger partial charge in [-0.1, -0.05) is 35.3 Å². The van der Waals surface area contributed by atoms with Crippen molar-refractivity contribution < 1.29 is 9.53 Å². The molecule has 0 N–H and O–H groups in total. The molecule has 0 saturated carbocycles. The maximum absolute atomic E-state index is 11.1. The quantitative estimate of drug-likeness (QED) is 0.743. The summed E-state index contributed by atoms with van der Waals surface area (Å²) in [6.45, 7) is 4.25. The lowest BCUT2D eigenvalue weighted by atomic mass is 10.1. The summed E-state index contributed by atoms with van der Waals surface area (Å²) in [4.78, 5) is 11.1. The van der Waals surface area contributed by atoms with Gasteiger partial charge < -0.3 is 4.74 Å². The van der Waals surface area contributed by atoms with Crippen LogP contribution in [-0.2, 0) is 6.61 Å². The van der Waals surface area contributed by atoms with Crippen LogP contribution in [0.15, 0.2) is 30.3 Å². The molecule has 0 atom stereocenters. The lowest BCUT2D eigenvalue weighted by molar-refractivity contribution is 0.111. The normalized spacial score (nSPS) is 10.4. The Morgan fingerprint density at radius 2 is 1.85 bits per heavy atom. The number of aldehydes is 1. The minimum Gasteiger partial charge on any atom is -0.488 e. The van der Waals surface area contributed by atoms with Crippen LogP contribution in [0.4, 0.5) is 0 Å². The molecule has 20 heavy (non-hydrogen) atoms. The molecule has 0 aliphatic heterocycles. The van der Waals surface area contributed by atoms with Gasteiger partial charge in [-0.25, -0.2) is 0 Å². The van der Waals surface area contributed by atoms with Crippen LogP contribution >= 0.6 is 23.2 Å². The average molecular weight is 309 g/mol. The van der Waals surface area contributed by atoms with E-state index in [1.807, 2.05) is 26.0 Å². The first-order chi connectivity index (χ1) is 9.52. The molecule has 0 aromatic heterocycles. The summed E-state index contributed by atoms with van der Waals surface area (Å²) in [6, 6.07) is 9.01. The highest BCUT2D eigenvalue weighted by Gasteiger charge is 2.09. The number of aryl methyl sites for hydroxylation is 1. The zero-order valence-corrected chi connectivity index (χ0v) is 12.8. The summed E-state index contributed by atoms with van der Waals surface area (Å²) in [6.07, 6.45) is 0.802. The summed E-state index contributed by atoms with van der Waals surface area (Å²) >= 11 is 11.8. The minimum atomic E-state index is 0.335. The van der Waals surface area contributed by atoms with Crippen LogP contribution in [0.5, 0.6) is 5.75 Å². The van der Waals surface area contributed by atoms with Gasteiger partial charge in [-0.2, -0.15) is 0 Å². The second-order valence-corrected chi connectivity index (χ2v) is 5.40. The molecule has 4 heteroatoms. The zero-order chi connectivity index (χ0) is 14.7. The van der Waals surface area contributed by atoms with Crippen molar-refractivity contribution in [3.63, 3.8) is 0 Å². The van der Waals surface area contributed by atoms with Crippen LogP contribution in [-0.4, -0.2) is 6.29 Å². The number of halogens is 2. The predicted octanol–water partition coefficient (Wildman–Crippen LogP) is 5.00. The third-order valence-electron chi connectivity index (χ3n) is 3.20. The van der Waals surface area contributed by atoms with Gasteiger partial charge in [-0.15, -0.1) is 0 Å². The molecule has 2 rings (SSSR count). The molecule has 0 saturated heterocycles. The van der Waals surface area contributed by atoms with Crippen molar-refractivity contribution in [1.29, 1.82) is 0 Å². The summed E-state index contributed by atoms with van der Waals surface area (Å²) in [7, 11) is 0. The highest BCUT2D eigenvalue weighted by molar-refractivity contribution is 6.42. The number of hydrogen-bond acceptors (Lipinski definition) is 2. The Kier molecular flexibility index (Phi) is 4.69. The van der Waals surface area contributed by atoms with Gasteiger partial charge in [0.15, 0.2) is 6.29 Å². The molecule has 0 amide bonds. The minimum absolute atomic E-state index is 0.335. The number of benzene rings is 2. The average Bonchev–Trinajstić information content (AvgIpc) is 2.44. The first-order valence-electron chi connectivity index (χ1n) is 6.15. The van der Waals surface area contributed by atoms with E-state index in [1.165, 1.54) is 0 Å². The molecule has 2 nitrogen and oxygen atoms in total. The van der Waals surface area contributed by atoms with E-state index in [-0.39, 0.29) is 0 Å². The SMILES string of the molecule is Cc1ccc(C=O)c(OCc2ccc(Cl)c(Cl)c2)c1C. The molecule has 0 aliphatic rings. The summed E-state index contributed by atoms with van der Waals surface area (Å²) in [5.74, 6) is 0.617. The van der Waals surface area contributed by atoms with Crippen LogP contribution < -0.4 is 4.74 Å². The second-order valence-electron chi connectivity index (χ2n) is 4.58. The fourth-order valence-electron chi connectivity index (χ4n) is 1.88. The van der Waals surface area contributed by atoms with Gasteiger partial charge in [0, 0.05) is 0 Å². The van der Waals surface area contributed by atoms with Crippen LogP contribution in [0.3, 0.4) is 0 Å². The van der Waals surface area contributed by atoms with Crippen molar-refractivity contribution >= 4 is 29.5 Å². The molecule has 0 radical (unpaired) electrons. The topological polar surface area (TPSA) is 26.3 Å². The van der Waals surface area contributed by atoms with Crippen LogP contribution in [0.2, 0.25) is 10.0 Å². The number of carbonyl (C=O) groups is 1. The van der Waals surface area contributed by atoms with Gasteiger partial charge in [0.2, 0.25) is 0 Å². The van der Waals surface area contributed by atoms with Crippen molar-refractivity contribution in [2.24, 2.45) is 0 Å². The number of carbonyl (C=O) groups excluding carboxylic acids is 1. The van der Waals surface area contributed by atoms with E-state index in [0.717, 1.165) is 23.0 Å². The first kappa shape index (κ1) is 14.9. The molecule has 0 fully saturated rings. The van der Waals surface area contributed by atoms with Crippen molar-refractivity contribution in [3.8, 4) is 5.75 Å². The van der Waals surface area contributed by atoms with Crippen LogP contribution in [0.1, 0.15) is 27.0 Å². The van der Waals surface area contributed by atoms with Gasteiger partial charge in [0.05, 0.1) is 15.6 Å². The fourth-order valence-corrected chi connectivity index (χ4v) is 2.20. The molecular weight excluding hydrogens is 295 g/mol. The smallest absolute Gasteiger partial charge is 0.153 e. The van der Waals surface area contributed by atoms with E-state index < -0.39 is 0 Å². The monoisotopic (exact) mass is 308 g/mol. The summed E-state index contributed by atoms with van der Waals surface area (Å²) in [5.41, 5.74) is 3.50. The number of ether oxygens (including phenoxy) is 1. The van der Waals surface area contributed by atoms with Gasteiger partial charge in [0.1, 0.15) is 12.4 Å². The second kappa shape index (κ2) is 6.29. The Morgan fingerprint density at radius 1 is 1.10 bits per heavy atom. The molecule has 0 bridgehead atoms. The molecule has 2 aromatic rings. The van der Waals surface area contributed by atoms with Gasteiger partial charge in [-0.05, 0) is 48.7 Å². The van der Waals surface area contributed by atoms with E-state index in [9.17, 15) is 4.79 Å². The molecule has 0 unspecified atom stereocenters. The number of rotatable bonds is 4. The Balaban J connectivity index is 2.24. The third kappa shape index (κ3) is 3.14. The van der Waals surface area contributed by atoms with E-state index in [2.05, 4.69) is 0 Å². The largest absolute Gasteiger partial charge is 0.488 e. The number of hydrogen-bond donors (Lipinski definition) is 0. The van der Waals surface area contributed by atoms with Crippen LogP contribution in [0, 0.1) is 13.8 Å². The third-order valence-corrected chi connectivity index (χ3v) is 3.94. The maximum Gasteiger partial charge on any atom is 0.153 e. The van der Waals surface area contributed by atoms with Gasteiger partial charge in [0.25, 0.3) is 0 Å². The fraction of sp³-hybridized carbons (Fsp3) is 0.188. The van der Waals surface area contributed by atoms with Gasteiger partial charge in [-0.3, -0.25) is 4.79 Å². The maximum atomic E-state index is 11.1. The Hall–Kier alpha value is -1.51. The van der Waals surface area contributed by atoms with E-state index in [0.29, 0.717) is 28.0 Å². The van der Waals surface area contributed by atoms with Crippen molar-refractivity contribution in [3.05, 3.63) is 62.6 Å². The van der Waals surface area contributed by atoms with Crippen molar-refractivity contribution in [1.82, 2.24) is 0 Å².